The zero-order chi connectivity index (χ0) is 17.1. The molecule has 0 bridgehead atoms. The molecule has 1 aliphatic heterocycles. The lowest BCUT2D eigenvalue weighted by Gasteiger charge is -2.19. The maximum Gasteiger partial charge on any atom is 0.407 e. The van der Waals surface area contributed by atoms with Crippen LogP contribution in [0.4, 0.5) is 10.7 Å². The van der Waals surface area contributed by atoms with Gasteiger partial charge >= 0.3 is 6.09 Å². The number of nitrogens with one attached hydrogen (secondary N) is 2. The third-order valence-electron chi connectivity index (χ3n) is 3.06. The lowest BCUT2D eigenvalue weighted by molar-refractivity contribution is 0.0530. The molecular weight excluding hydrogens is 320 g/mol. The highest BCUT2D eigenvalue weighted by atomic mass is 32.2. The van der Waals surface area contributed by atoms with Crippen molar-refractivity contribution in [2.75, 3.05) is 24.2 Å². The molecule has 128 valence electrons. The fourth-order valence-corrected chi connectivity index (χ4v) is 3.44. The van der Waals surface area contributed by atoms with E-state index in [0.717, 1.165) is 5.69 Å². The zero-order valence-electron chi connectivity index (χ0n) is 13.5. The number of rotatable bonds is 4. The second kappa shape index (κ2) is 6.69. The van der Waals surface area contributed by atoms with Gasteiger partial charge in [0, 0.05) is 31.3 Å². The molecule has 23 heavy (non-hydrogen) atoms. The molecule has 0 aliphatic carbocycles. The standard InChI is InChI=1S/C14H22N4O4S/c1-14(2,3)22-13(19)16-6-5-15-12-17-8-10-9-23(20,21)7-4-11(10)18-12/h8H,4-7,9H2,1-3H3,(H,16,19)(H,15,17,18). The molecule has 8 nitrogen and oxygen atoms in total. The highest BCUT2D eigenvalue weighted by Gasteiger charge is 2.23. The largest absolute Gasteiger partial charge is 0.444 e. The number of hydrogen-bond donors (Lipinski definition) is 2. The monoisotopic (exact) mass is 342 g/mol. The van der Waals surface area contributed by atoms with Crippen LogP contribution in [0.1, 0.15) is 32.0 Å². The highest BCUT2D eigenvalue weighted by molar-refractivity contribution is 7.90. The SMILES string of the molecule is CC(C)(C)OC(=O)NCCNc1ncc2c(n1)CCS(=O)(=O)C2. The summed E-state index contributed by atoms with van der Waals surface area (Å²) in [5.41, 5.74) is 0.894. The lowest BCUT2D eigenvalue weighted by Crippen LogP contribution is -2.35. The summed E-state index contributed by atoms with van der Waals surface area (Å²) >= 11 is 0. The van der Waals surface area contributed by atoms with Crippen molar-refractivity contribution in [1.29, 1.82) is 0 Å². The summed E-state index contributed by atoms with van der Waals surface area (Å²) in [5.74, 6) is 0.550. The van der Waals surface area contributed by atoms with Crippen LogP contribution in [0.15, 0.2) is 6.20 Å². The van der Waals surface area contributed by atoms with Crippen LogP contribution in [-0.4, -0.2) is 48.9 Å². The number of carbonyl (C=O) groups excluding carboxylic acids is 1. The molecule has 0 aromatic carbocycles. The number of ether oxygens (including phenoxy) is 1. The van der Waals surface area contributed by atoms with E-state index in [-0.39, 0.29) is 11.5 Å². The van der Waals surface area contributed by atoms with Crippen LogP contribution in [0.3, 0.4) is 0 Å². The molecule has 9 heteroatoms. The Morgan fingerprint density at radius 2 is 2.09 bits per heavy atom. The number of sulfone groups is 1. The molecule has 0 radical (unpaired) electrons. The maximum atomic E-state index is 11.5. The minimum Gasteiger partial charge on any atom is -0.444 e. The van der Waals surface area contributed by atoms with Gasteiger partial charge in [0.1, 0.15) is 5.60 Å². The van der Waals surface area contributed by atoms with Crippen LogP contribution in [-0.2, 0) is 26.7 Å². The van der Waals surface area contributed by atoms with Crippen LogP contribution >= 0.6 is 0 Å². The summed E-state index contributed by atoms with van der Waals surface area (Å²) in [7, 11) is -3.02. The van der Waals surface area contributed by atoms with Gasteiger partial charge in [0.15, 0.2) is 9.84 Å². The van der Waals surface area contributed by atoms with Crippen molar-refractivity contribution in [3.63, 3.8) is 0 Å². The molecule has 1 aromatic rings. The minimum absolute atomic E-state index is 0.00279. The van der Waals surface area contributed by atoms with Crippen molar-refractivity contribution in [2.24, 2.45) is 0 Å². The summed E-state index contributed by atoms with van der Waals surface area (Å²) in [4.78, 5) is 19.9. The van der Waals surface area contributed by atoms with E-state index in [1.165, 1.54) is 0 Å². The van der Waals surface area contributed by atoms with Crippen molar-refractivity contribution in [3.8, 4) is 0 Å². The van der Waals surface area contributed by atoms with Gasteiger partial charge in [0.05, 0.1) is 17.2 Å². The lowest BCUT2D eigenvalue weighted by atomic mass is 10.2. The first-order valence-electron chi connectivity index (χ1n) is 7.40. The average molecular weight is 342 g/mol. The molecule has 0 spiro atoms. The van der Waals surface area contributed by atoms with Gasteiger partial charge in [-0.15, -0.1) is 0 Å². The molecule has 1 aromatic heterocycles. The van der Waals surface area contributed by atoms with Crippen molar-refractivity contribution in [3.05, 3.63) is 17.5 Å². The van der Waals surface area contributed by atoms with E-state index in [4.69, 9.17) is 4.74 Å². The fraction of sp³-hybridized carbons (Fsp3) is 0.643. The van der Waals surface area contributed by atoms with Crippen LogP contribution in [0.25, 0.3) is 0 Å². The predicted molar refractivity (Wildman–Crippen MR) is 86.0 cm³/mol. The fourth-order valence-electron chi connectivity index (χ4n) is 2.08. The molecule has 0 saturated carbocycles. The molecule has 1 aliphatic rings. The van der Waals surface area contributed by atoms with Crippen LogP contribution in [0.5, 0.6) is 0 Å². The quantitative estimate of drug-likeness (QED) is 0.782. The van der Waals surface area contributed by atoms with Crippen LogP contribution in [0.2, 0.25) is 0 Å². The van der Waals surface area contributed by atoms with E-state index in [1.54, 1.807) is 27.0 Å². The third-order valence-corrected chi connectivity index (χ3v) is 4.63. The summed E-state index contributed by atoms with van der Waals surface area (Å²) in [6.07, 6.45) is 1.48. The molecule has 0 saturated heterocycles. The second-order valence-electron chi connectivity index (χ2n) is 6.36. The van der Waals surface area contributed by atoms with Gasteiger partial charge in [0.25, 0.3) is 0 Å². The first-order valence-corrected chi connectivity index (χ1v) is 9.23. The summed E-state index contributed by atoms with van der Waals surface area (Å²) in [6.45, 7) is 6.20. The van der Waals surface area contributed by atoms with E-state index < -0.39 is 21.5 Å². The number of aromatic nitrogens is 2. The zero-order valence-corrected chi connectivity index (χ0v) is 14.4. The predicted octanol–water partition coefficient (Wildman–Crippen LogP) is 0.884. The van der Waals surface area contributed by atoms with Gasteiger partial charge in [-0.25, -0.2) is 23.2 Å². The molecule has 0 atom stereocenters. The number of aryl methyl sites for hydroxylation is 1. The van der Waals surface area contributed by atoms with Crippen molar-refractivity contribution < 1.29 is 17.9 Å². The van der Waals surface area contributed by atoms with Gasteiger partial charge in [-0.1, -0.05) is 0 Å². The number of fused-ring (bicyclic) bond motifs is 1. The Balaban J connectivity index is 1.80. The Bertz CT molecular complexity index is 683. The first kappa shape index (κ1) is 17.5. The Labute approximate surface area is 136 Å². The molecule has 1 amide bonds. The van der Waals surface area contributed by atoms with Crippen molar-refractivity contribution in [1.82, 2.24) is 15.3 Å². The number of anilines is 1. The average Bonchev–Trinajstić information content (AvgIpc) is 2.41. The normalized spacial score (nSPS) is 16.3. The van der Waals surface area contributed by atoms with Gasteiger partial charge in [-0.2, -0.15) is 0 Å². The molecule has 2 N–H and O–H groups in total. The minimum atomic E-state index is -3.02. The topological polar surface area (TPSA) is 110 Å². The summed E-state index contributed by atoms with van der Waals surface area (Å²) in [5, 5.41) is 5.62. The molecule has 0 fully saturated rings. The van der Waals surface area contributed by atoms with Crippen molar-refractivity contribution >= 4 is 21.9 Å². The number of nitrogens with zero attached hydrogens (tertiary/aromatic N) is 2. The van der Waals surface area contributed by atoms with E-state index in [9.17, 15) is 13.2 Å². The number of hydrogen-bond acceptors (Lipinski definition) is 7. The Kier molecular flexibility index (Phi) is 5.08. The van der Waals surface area contributed by atoms with Crippen LogP contribution < -0.4 is 10.6 Å². The maximum absolute atomic E-state index is 11.5. The Morgan fingerprint density at radius 1 is 1.35 bits per heavy atom. The molecule has 0 unspecified atom stereocenters. The van der Waals surface area contributed by atoms with E-state index in [1.807, 2.05) is 0 Å². The number of alkyl carbamates (subject to hydrolysis) is 1. The number of amides is 1. The second-order valence-corrected chi connectivity index (χ2v) is 8.55. The summed E-state index contributed by atoms with van der Waals surface area (Å²) < 4.78 is 28.2. The van der Waals surface area contributed by atoms with E-state index in [2.05, 4.69) is 20.6 Å². The van der Waals surface area contributed by atoms with E-state index in [0.29, 0.717) is 31.0 Å². The Morgan fingerprint density at radius 3 is 2.78 bits per heavy atom. The van der Waals surface area contributed by atoms with Gasteiger partial charge in [-0.05, 0) is 20.8 Å². The number of carbonyl (C=O) groups is 1. The molecular formula is C14H22N4O4S. The smallest absolute Gasteiger partial charge is 0.407 e. The summed E-state index contributed by atoms with van der Waals surface area (Å²) in [6, 6.07) is 0. The van der Waals surface area contributed by atoms with Crippen LogP contribution in [0, 0.1) is 0 Å². The third kappa shape index (κ3) is 5.66. The van der Waals surface area contributed by atoms with Gasteiger partial charge in [-0.3, -0.25) is 0 Å². The van der Waals surface area contributed by atoms with Crippen molar-refractivity contribution in [2.45, 2.75) is 38.5 Å². The van der Waals surface area contributed by atoms with Gasteiger partial charge in [0.2, 0.25) is 5.95 Å². The molecule has 2 rings (SSSR count). The van der Waals surface area contributed by atoms with Gasteiger partial charge < -0.3 is 15.4 Å². The Hall–Kier alpha value is -1.90. The first-order chi connectivity index (χ1) is 10.6. The highest BCUT2D eigenvalue weighted by Crippen LogP contribution is 2.19. The van der Waals surface area contributed by atoms with E-state index >= 15 is 0 Å². The molecule has 2 heterocycles.